The van der Waals surface area contributed by atoms with E-state index in [0.29, 0.717) is 0 Å². The molecule has 1 heterocycles. The fraction of sp³-hybridized carbons (Fsp3) is 0.545. The normalized spacial score (nSPS) is 18.8. The third kappa shape index (κ3) is 2.78. The molecular weight excluding hydrogens is 273 g/mol. The van der Waals surface area contributed by atoms with Crippen molar-refractivity contribution >= 4 is 0 Å². The van der Waals surface area contributed by atoms with Crippen LogP contribution in [0.15, 0.2) is 6.20 Å². The van der Waals surface area contributed by atoms with Gasteiger partial charge in [-0.3, -0.25) is 0 Å². The number of hydrogen-bond acceptors (Lipinski definition) is 3. The molecule has 1 aliphatic carbocycles. The van der Waals surface area contributed by atoms with Gasteiger partial charge in [0.05, 0.1) is 12.3 Å². The predicted molar refractivity (Wildman–Crippen MR) is 54.0 cm³/mol. The maximum Gasteiger partial charge on any atom is 0.433 e. The summed E-state index contributed by atoms with van der Waals surface area (Å²) in [6.45, 7) is -0.921. The Kier molecular flexibility index (Phi) is 3.62. The second-order valence-corrected chi connectivity index (χ2v) is 4.12. The van der Waals surface area contributed by atoms with E-state index in [2.05, 4.69) is 4.98 Å². The minimum atomic E-state index is -4.70. The van der Waals surface area contributed by atoms with E-state index in [1.54, 1.807) is 0 Å². The molecule has 1 unspecified atom stereocenters. The SMILES string of the molecule is OC1CCc2c(OCC(F)F)cnc(C(F)(F)F)c21. The zero-order valence-corrected chi connectivity index (χ0v) is 9.55. The molecule has 1 aliphatic rings. The van der Waals surface area contributed by atoms with Crippen molar-refractivity contribution in [3.05, 3.63) is 23.0 Å². The van der Waals surface area contributed by atoms with E-state index < -0.39 is 31.0 Å². The Hall–Kier alpha value is -1.44. The Morgan fingerprint density at radius 1 is 1.42 bits per heavy atom. The van der Waals surface area contributed by atoms with Gasteiger partial charge in [0, 0.05) is 11.1 Å². The van der Waals surface area contributed by atoms with Crippen molar-refractivity contribution in [3.63, 3.8) is 0 Å². The van der Waals surface area contributed by atoms with Crippen molar-refractivity contribution in [1.29, 1.82) is 0 Å². The van der Waals surface area contributed by atoms with Crippen LogP contribution < -0.4 is 4.74 Å². The molecule has 0 radical (unpaired) electrons. The molecule has 3 nitrogen and oxygen atoms in total. The maximum atomic E-state index is 12.7. The van der Waals surface area contributed by atoms with E-state index in [0.717, 1.165) is 6.20 Å². The minimum Gasteiger partial charge on any atom is -0.486 e. The van der Waals surface area contributed by atoms with E-state index in [9.17, 15) is 27.1 Å². The van der Waals surface area contributed by atoms with Crippen LogP contribution in [0.25, 0.3) is 0 Å². The first-order valence-corrected chi connectivity index (χ1v) is 5.48. The van der Waals surface area contributed by atoms with Crippen LogP contribution in [0.2, 0.25) is 0 Å². The predicted octanol–water partition coefficient (Wildman–Crippen LogP) is 2.72. The molecule has 0 amide bonds. The smallest absolute Gasteiger partial charge is 0.433 e. The van der Waals surface area contributed by atoms with E-state index in [1.165, 1.54) is 0 Å². The number of ether oxygens (including phenoxy) is 1. The lowest BCUT2D eigenvalue weighted by molar-refractivity contribution is -0.142. The summed E-state index contributed by atoms with van der Waals surface area (Å²) in [5.74, 6) is -0.125. The van der Waals surface area contributed by atoms with Crippen LogP contribution in [0.5, 0.6) is 5.75 Å². The first-order valence-electron chi connectivity index (χ1n) is 5.48. The van der Waals surface area contributed by atoms with Gasteiger partial charge >= 0.3 is 6.18 Å². The van der Waals surface area contributed by atoms with E-state index >= 15 is 0 Å². The summed E-state index contributed by atoms with van der Waals surface area (Å²) < 4.78 is 67.0. The number of halogens is 5. The molecule has 1 N–H and O–H groups in total. The lowest BCUT2D eigenvalue weighted by atomic mass is 10.1. The van der Waals surface area contributed by atoms with Crippen LogP contribution in [-0.2, 0) is 12.6 Å². The van der Waals surface area contributed by atoms with Gasteiger partial charge in [0.2, 0.25) is 0 Å². The van der Waals surface area contributed by atoms with Gasteiger partial charge in [0.25, 0.3) is 6.43 Å². The Morgan fingerprint density at radius 3 is 2.68 bits per heavy atom. The van der Waals surface area contributed by atoms with Crippen LogP contribution in [-0.4, -0.2) is 23.1 Å². The maximum absolute atomic E-state index is 12.7. The van der Waals surface area contributed by atoms with Gasteiger partial charge in [-0.1, -0.05) is 0 Å². The second-order valence-electron chi connectivity index (χ2n) is 4.12. The molecule has 1 aromatic heterocycles. The van der Waals surface area contributed by atoms with Gasteiger partial charge in [-0.2, -0.15) is 13.2 Å². The fourth-order valence-corrected chi connectivity index (χ4v) is 2.09. The first-order chi connectivity index (χ1) is 8.80. The molecule has 8 heteroatoms. The summed E-state index contributed by atoms with van der Waals surface area (Å²) in [6, 6.07) is 0. The van der Waals surface area contributed by atoms with Crippen molar-refractivity contribution in [2.24, 2.45) is 0 Å². The van der Waals surface area contributed by atoms with Crippen LogP contribution >= 0.6 is 0 Å². The monoisotopic (exact) mass is 283 g/mol. The van der Waals surface area contributed by atoms with Gasteiger partial charge in [0.15, 0.2) is 5.69 Å². The third-order valence-electron chi connectivity index (χ3n) is 2.82. The fourth-order valence-electron chi connectivity index (χ4n) is 2.09. The van der Waals surface area contributed by atoms with Crippen LogP contribution in [0.3, 0.4) is 0 Å². The molecule has 106 valence electrons. The number of alkyl halides is 5. The highest BCUT2D eigenvalue weighted by molar-refractivity contribution is 5.46. The molecule has 0 aromatic carbocycles. The molecule has 1 aromatic rings. The molecular formula is C11H10F5NO2. The highest BCUT2D eigenvalue weighted by Gasteiger charge is 2.41. The number of aliphatic hydroxyl groups is 1. The molecule has 0 spiro atoms. The molecule has 0 bridgehead atoms. The Balaban J connectivity index is 2.41. The Labute approximate surface area is 105 Å². The zero-order chi connectivity index (χ0) is 14.2. The van der Waals surface area contributed by atoms with E-state index in [1.807, 2.05) is 0 Å². The van der Waals surface area contributed by atoms with Crippen molar-refractivity contribution in [2.75, 3.05) is 6.61 Å². The number of pyridine rings is 1. The molecule has 0 fully saturated rings. The highest BCUT2D eigenvalue weighted by Crippen LogP contribution is 2.43. The summed E-state index contributed by atoms with van der Waals surface area (Å²) in [6.07, 6.45) is -7.72. The largest absolute Gasteiger partial charge is 0.486 e. The summed E-state index contributed by atoms with van der Waals surface area (Å²) in [7, 11) is 0. The van der Waals surface area contributed by atoms with Gasteiger partial charge in [-0.25, -0.2) is 13.8 Å². The third-order valence-corrected chi connectivity index (χ3v) is 2.82. The van der Waals surface area contributed by atoms with E-state index in [4.69, 9.17) is 4.74 Å². The lowest BCUT2D eigenvalue weighted by Gasteiger charge is -2.16. The van der Waals surface area contributed by atoms with Crippen LogP contribution in [0, 0.1) is 0 Å². The van der Waals surface area contributed by atoms with Crippen molar-refractivity contribution in [1.82, 2.24) is 4.98 Å². The highest BCUT2D eigenvalue weighted by atomic mass is 19.4. The van der Waals surface area contributed by atoms with E-state index in [-0.39, 0.29) is 29.7 Å². The summed E-state index contributed by atoms with van der Waals surface area (Å²) in [5.41, 5.74) is -1.44. The minimum absolute atomic E-state index is 0.0924. The second kappa shape index (κ2) is 4.92. The number of fused-ring (bicyclic) bond motifs is 1. The van der Waals surface area contributed by atoms with Gasteiger partial charge in [-0.05, 0) is 12.8 Å². The number of hydrogen-bond donors (Lipinski definition) is 1. The van der Waals surface area contributed by atoms with Crippen molar-refractivity contribution in [2.45, 2.75) is 31.5 Å². The standard InChI is InChI=1S/C11H10F5NO2/c12-8(13)4-19-7-3-17-10(11(14,15)16)9-5(7)1-2-6(9)18/h3,6,8,18H,1-2,4H2. The van der Waals surface area contributed by atoms with Gasteiger partial charge < -0.3 is 9.84 Å². The molecule has 2 rings (SSSR count). The van der Waals surface area contributed by atoms with Crippen molar-refractivity contribution in [3.8, 4) is 5.75 Å². The molecule has 0 aliphatic heterocycles. The lowest BCUT2D eigenvalue weighted by Crippen LogP contribution is -2.15. The molecule has 1 atom stereocenters. The van der Waals surface area contributed by atoms with Crippen LogP contribution in [0.1, 0.15) is 29.3 Å². The summed E-state index contributed by atoms with van der Waals surface area (Å²) >= 11 is 0. The number of aromatic nitrogens is 1. The zero-order valence-electron chi connectivity index (χ0n) is 9.55. The average molecular weight is 283 g/mol. The Bertz CT molecular complexity index is 475. The quantitative estimate of drug-likeness (QED) is 0.867. The van der Waals surface area contributed by atoms with Crippen LogP contribution in [0.4, 0.5) is 22.0 Å². The summed E-state index contributed by atoms with van der Waals surface area (Å²) in [5, 5.41) is 9.58. The van der Waals surface area contributed by atoms with Gasteiger partial charge in [-0.15, -0.1) is 0 Å². The van der Waals surface area contributed by atoms with Crippen molar-refractivity contribution < 1.29 is 31.8 Å². The molecule has 0 saturated carbocycles. The Morgan fingerprint density at radius 2 is 2.11 bits per heavy atom. The first kappa shape index (κ1) is 14.0. The van der Waals surface area contributed by atoms with Gasteiger partial charge in [0.1, 0.15) is 12.4 Å². The number of nitrogens with zero attached hydrogens (tertiary/aromatic N) is 1. The number of aliphatic hydroxyl groups excluding tert-OH is 1. The average Bonchev–Trinajstić information content (AvgIpc) is 2.67. The topological polar surface area (TPSA) is 42.4 Å². The summed E-state index contributed by atoms with van der Waals surface area (Å²) in [4.78, 5) is 3.20. The molecule has 0 saturated heterocycles. The molecule has 19 heavy (non-hydrogen) atoms. The number of rotatable bonds is 3.